The van der Waals surface area contributed by atoms with Crippen LogP contribution in [0.25, 0.3) is 0 Å². The van der Waals surface area contributed by atoms with Crippen molar-refractivity contribution in [2.24, 2.45) is 7.05 Å². The van der Waals surface area contributed by atoms with E-state index in [-0.39, 0.29) is 0 Å². The van der Waals surface area contributed by atoms with Crippen molar-refractivity contribution in [3.05, 3.63) is 30.1 Å². The van der Waals surface area contributed by atoms with E-state index in [9.17, 15) is 0 Å². The van der Waals surface area contributed by atoms with Crippen LogP contribution < -0.4 is 5.32 Å². The van der Waals surface area contributed by atoms with Gasteiger partial charge in [-0.15, -0.1) is 6.58 Å². The zero-order valence-electron chi connectivity index (χ0n) is 10.9. The predicted molar refractivity (Wildman–Crippen MR) is 70.9 cm³/mol. The monoisotopic (exact) mass is 233 g/mol. The lowest BCUT2D eigenvalue weighted by Gasteiger charge is -2.27. The minimum Gasteiger partial charge on any atom is -0.307 e. The first-order valence-electron chi connectivity index (χ1n) is 6.60. The minimum absolute atomic E-state index is 0.493. The molecule has 0 saturated heterocycles. The highest BCUT2D eigenvalue weighted by Crippen LogP contribution is 2.29. The van der Waals surface area contributed by atoms with Crippen LogP contribution in [0.15, 0.2) is 18.9 Å². The molecule has 94 valence electrons. The smallest absolute Gasteiger partial charge is 0.0540 e. The molecular formula is C14H23N3. The summed E-state index contributed by atoms with van der Waals surface area (Å²) in [6, 6.07) is 1.04. The first-order chi connectivity index (χ1) is 8.22. The predicted octanol–water partition coefficient (Wildman–Crippen LogP) is 2.74. The van der Waals surface area contributed by atoms with Crippen molar-refractivity contribution in [1.82, 2.24) is 15.1 Å². The van der Waals surface area contributed by atoms with Gasteiger partial charge in [0.2, 0.25) is 0 Å². The summed E-state index contributed by atoms with van der Waals surface area (Å²) in [7, 11) is 2.04. The van der Waals surface area contributed by atoms with Gasteiger partial charge in [-0.2, -0.15) is 5.10 Å². The molecule has 1 heterocycles. The molecule has 17 heavy (non-hydrogen) atoms. The van der Waals surface area contributed by atoms with Crippen LogP contribution in [0.3, 0.4) is 0 Å². The van der Waals surface area contributed by atoms with Gasteiger partial charge >= 0.3 is 0 Å². The lowest BCUT2D eigenvalue weighted by molar-refractivity contribution is 0.393. The van der Waals surface area contributed by atoms with Crippen molar-refractivity contribution < 1.29 is 0 Å². The number of hydrogen-bond donors (Lipinski definition) is 1. The summed E-state index contributed by atoms with van der Waals surface area (Å²) in [5.74, 6) is 0. The standard InChI is InChI=1S/C14H23N3/c1-4-5-7-11(2)16-13-8-6-9-14-12(13)10-15-17(14)3/h4,10-11,13,16H,1,5-9H2,2-3H3. The van der Waals surface area contributed by atoms with E-state index in [0.717, 1.165) is 12.8 Å². The molecule has 0 amide bonds. The van der Waals surface area contributed by atoms with E-state index in [1.165, 1.54) is 30.5 Å². The van der Waals surface area contributed by atoms with Crippen molar-refractivity contribution in [1.29, 1.82) is 0 Å². The van der Waals surface area contributed by atoms with Gasteiger partial charge in [-0.3, -0.25) is 4.68 Å². The van der Waals surface area contributed by atoms with Crippen molar-refractivity contribution in [3.8, 4) is 0 Å². The van der Waals surface area contributed by atoms with E-state index < -0.39 is 0 Å². The fraction of sp³-hybridized carbons (Fsp3) is 0.643. The third-order valence-electron chi connectivity index (χ3n) is 3.67. The van der Waals surface area contributed by atoms with Crippen LogP contribution in [0.5, 0.6) is 0 Å². The van der Waals surface area contributed by atoms with Gasteiger partial charge in [0, 0.05) is 30.4 Å². The Morgan fingerprint density at radius 1 is 1.71 bits per heavy atom. The number of aryl methyl sites for hydroxylation is 1. The highest BCUT2D eigenvalue weighted by atomic mass is 15.3. The molecule has 2 unspecified atom stereocenters. The fourth-order valence-corrected chi connectivity index (χ4v) is 2.67. The molecule has 2 atom stereocenters. The first-order valence-corrected chi connectivity index (χ1v) is 6.60. The summed E-state index contributed by atoms with van der Waals surface area (Å²) in [6.45, 7) is 6.04. The molecule has 1 N–H and O–H groups in total. The van der Waals surface area contributed by atoms with Gasteiger partial charge in [0.15, 0.2) is 0 Å². The van der Waals surface area contributed by atoms with Crippen LogP contribution in [0.4, 0.5) is 0 Å². The minimum atomic E-state index is 0.493. The third kappa shape index (κ3) is 2.78. The molecule has 0 aromatic carbocycles. The number of nitrogens with zero attached hydrogens (tertiary/aromatic N) is 2. The molecule has 0 radical (unpaired) electrons. The normalized spacial score (nSPS) is 20.9. The Hall–Kier alpha value is -1.09. The first kappa shape index (κ1) is 12.4. The Bertz CT molecular complexity index is 381. The lowest BCUT2D eigenvalue weighted by Crippen LogP contribution is -2.32. The highest BCUT2D eigenvalue weighted by Gasteiger charge is 2.23. The molecule has 1 aromatic heterocycles. The largest absolute Gasteiger partial charge is 0.307 e. The number of hydrogen-bond acceptors (Lipinski definition) is 2. The zero-order chi connectivity index (χ0) is 12.3. The fourth-order valence-electron chi connectivity index (χ4n) is 2.67. The van der Waals surface area contributed by atoms with Crippen molar-refractivity contribution in [2.45, 2.75) is 51.1 Å². The summed E-state index contributed by atoms with van der Waals surface area (Å²) in [5, 5.41) is 8.10. The van der Waals surface area contributed by atoms with Gasteiger partial charge in [0.05, 0.1) is 6.20 Å². The summed E-state index contributed by atoms with van der Waals surface area (Å²) >= 11 is 0. The molecule has 2 rings (SSSR count). The number of fused-ring (bicyclic) bond motifs is 1. The Kier molecular flexibility index (Phi) is 4.00. The van der Waals surface area contributed by atoms with E-state index >= 15 is 0 Å². The quantitative estimate of drug-likeness (QED) is 0.793. The van der Waals surface area contributed by atoms with Gasteiger partial charge in [-0.25, -0.2) is 0 Å². The topological polar surface area (TPSA) is 29.9 Å². The number of allylic oxidation sites excluding steroid dienone is 1. The second kappa shape index (κ2) is 5.50. The van der Waals surface area contributed by atoms with Crippen LogP contribution in [-0.4, -0.2) is 15.8 Å². The Morgan fingerprint density at radius 2 is 2.53 bits per heavy atom. The molecule has 0 spiro atoms. The molecule has 1 aliphatic rings. The second-order valence-electron chi connectivity index (χ2n) is 5.05. The van der Waals surface area contributed by atoms with Crippen LogP contribution >= 0.6 is 0 Å². The van der Waals surface area contributed by atoms with Crippen LogP contribution in [-0.2, 0) is 13.5 Å². The molecule has 0 fully saturated rings. The van der Waals surface area contributed by atoms with Gasteiger partial charge < -0.3 is 5.32 Å². The van der Waals surface area contributed by atoms with Crippen LogP contribution in [0, 0.1) is 0 Å². The number of aromatic nitrogens is 2. The van der Waals surface area contributed by atoms with Crippen molar-refractivity contribution in [2.75, 3.05) is 0 Å². The molecule has 0 saturated carbocycles. The van der Waals surface area contributed by atoms with E-state index in [1.54, 1.807) is 0 Å². The average Bonchev–Trinajstić information content (AvgIpc) is 2.70. The number of rotatable bonds is 5. The van der Waals surface area contributed by atoms with Gasteiger partial charge in [-0.1, -0.05) is 6.08 Å². The molecule has 1 aliphatic carbocycles. The molecule has 0 bridgehead atoms. The van der Waals surface area contributed by atoms with Crippen LogP contribution in [0.2, 0.25) is 0 Å². The van der Waals surface area contributed by atoms with E-state index in [4.69, 9.17) is 0 Å². The molecular weight excluding hydrogens is 210 g/mol. The van der Waals surface area contributed by atoms with E-state index in [0.29, 0.717) is 12.1 Å². The third-order valence-corrected chi connectivity index (χ3v) is 3.67. The highest BCUT2D eigenvalue weighted by molar-refractivity contribution is 5.24. The average molecular weight is 233 g/mol. The maximum absolute atomic E-state index is 4.38. The Labute approximate surface area is 104 Å². The Morgan fingerprint density at radius 3 is 3.29 bits per heavy atom. The van der Waals surface area contributed by atoms with Crippen molar-refractivity contribution in [3.63, 3.8) is 0 Å². The molecule has 3 heteroatoms. The van der Waals surface area contributed by atoms with Gasteiger partial charge in [0.1, 0.15) is 0 Å². The van der Waals surface area contributed by atoms with E-state index in [1.807, 2.05) is 24.0 Å². The summed E-state index contributed by atoms with van der Waals surface area (Å²) in [5.41, 5.74) is 2.81. The zero-order valence-corrected chi connectivity index (χ0v) is 10.9. The molecule has 1 aromatic rings. The van der Waals surface area contributed by atoms with E-state index in [2.05, 4.69) is 23.9 Å². The molecule has 0 aliphatic heterocycles. The summed E-state index contributed by atoms with van der Waals surface area (Å²) in [4.78, 5) is 0. The van der Waals surface area contributed by atoms with Gasteiger partial charge in [0.25, 0.3) is 0 Å². The lowest BCUT2D eigenvalue weighted by atomic mass is 9.92. The SMILES string of the molecule is C=CCCC(C)NC1CCCc2c1cnn2C. The van der Waals surface area contributed by atoms with Crippen LogP contribution in [0.1, 0.15) is 49.9 Å². The number of nitrogens with one attached hydrogen (secondary N) is 1. The molecule has 3 nitrogen and oxygen atoms in total. The second-order valence-corrected chi connectivity index (χ2v) is 5.05. The maximum Gasteiger partial charge on any atom is 0.0540 e. The van der Waals surface area contributed by atoms with Crippen molar-refractivity contribution >= 4 is 0 Å². The van der Waals surface area contributed by atoms with Gasteiger partial charge in [-0.05, 0) is 39.0 Å². The Balaban J connectivity index is 2.00. The summed E-state index contributed by atoms with van der Waals surface area (Å²) < 4.78 is 2.03. The maximum atomic E-state index is 4.38. The summed E-state index contributed by atoms with van der Waals surface area (Å²) in [6.07, 6.45) is 9.94.